The van der Waals surface area contributed by atoms with Gasteiger partial charge in [-0.15, -0.1) is 0 Å². The van der Waals surface area contributed by atoms with Crippen LogP contribution in [0.1, 0.15) is 54.1 Å². The molecule has 8 heteroatoms. The third-order valence-corrected chi connectivity index (χ3v) is 5.93. The largest absolute Gasteiger partial charge is 0.465 e. The molecule has 3 aromatic rings. The number of nitrogens with zero attached hydrogens (tertiary/aromatic N) is 3. The molecule has 168 valence electrons. The van der Waals surface area contributed by atoms with E-state index in [1.165, 1.54) is 12.1 Å². The molecule has 2 N–H and O–H groups in total. The summed E-state index contributed by atoms with van der Waals surface area (Å²) in [5.41, 5.74) is 1.92. The second kappa shape index (κ2) is 10.4. The highest BCUT2D eigenvalue weighted by molar-refractivity contribution is 5.65. The zero-order valence-corrected chi connectivity index (χ0v) is 17.8. The van der Waals surface area contributed by atoms with Crippen LogP contribution in [0.2, 0.25) is 0 Å². The molecule has 2 aromatic carbocycles. The zero-order chi connectivity index (χ0) is 22.3. The first-order valence-electron chi connectivity index (χ1n) is 10.9. The fraction of sp³-hybridized carbons (Fsp3) is 0.375. The van der Waals surface area contributed by atoms with E-state index in [2.05, 4.69) is 20.4 Å². The Hall–Kier alpha value is -3.26. The van der Waals surface area contributed by atoms with E-state index in [0.717, 1.165) is 43.6 Å². The summed E-state index contributed by atoms with van der Waals surface area (Å²) in [7, 11) is 0. The van der Waals surface area contributed by atoms with E-state index < -0.39 is 6.09 Å². The van der Waals surface area contributed by atoms with Crippen LogP contribution in [0.5, 0.6) is 0 Å². The monoisotopic (exact) mass is 438 g/mol. The first kappa shape index (κ1) is 22.0. The fourth-order valence-electron chi connectivity index (χ4n) is 4.16. The van der Waals surface area contributed by atoms with Crippen LogP contribution in [0.15, 0.2) is 59.1 Å². The molecule has 1 aliphatic heterocycles. The molecular formula is C24H27FN4O3. The second-order valence-electron chi connectivity index (χ2n) is 8.17. The maximum Gasteiger partial charge on any atom is 0.405 e. The molecule has 7 nitrogen and oxygen atoms in total. The van der Waals surface area contributed by atoms with Crippen LogP contribution in [0, 0.1) is 5.82 Å². The Bertz CT molecular complexity index is 1000. The van der Waals surface area contributed by atoms with Crippen molar-refractivity contribution >= 4 is 6.09 Å². The van der Waals surface area contributed by atoms with Crippen molar-refractivity contribution in [2.45, 2.75) is 37.6 Å². The highest BCUT2D eigenvalue weighted by Gasteiger charge is 2.26. The van der Waals surface area contributed by atoms with Gasteiger partial charge in [0.05, 0.1) is 6.04 Å². The quantitative estimate of drug-likeness (QED) is 0.542. The molecule has 0 aliphatic carbocycles. The van der Waals surface area contributed by atoms with Crippen molar-refractivity contribution in [3.8, 4) is 0 Å². The number of aromatic nitrogens is 2. The summed E-state index contributed by atoms with van der Waals surface area (Å²) in [6.07, 6.45) is 2.05. The number of nitrogens with one attached hydrogen (secondary N) is 1. The minimum absolute atomic E-state index is 0.225. The number of amides is 1. The number of hydrogen-bond donors (Lipinski definition) is 2. The Morgan fingerprint density at radius 2 is 1.88 bits per heavy atom. The van der Waals surface area contributed by atoms with Gasteiger partial charge in [-0.3, -0.25) is 0 Å². The normalized spacial score (nSPS) is 16.0. The van der Waals surface area contributed by atoms with Gasteiger partial charge in [-0.05, 0) is 55.6 Å². The molecule has 1 saturated heterocycles. The van der Waals surface area contributed by atoms with Gasteiger partial charge < -0.3 is 19.8 Å². The van der Waals surface area contributed by atoms with Crippen LogP contribution in [0.25, 0.3) is 0 Å². The van der Waals surface area contributed by atoms with E-state index in [1.54, 1.807) is 12.1 Å². The first-order valence-corrected chi connectivity index (χ1v) is 10.9. The van der Waals surface area contributed by atoms with Gasteiger partial charge in [0.1, 0.15) is 5.82 Å². The third-order valence-electron chi connectivity index (χ3n) is 5.93. The lowest BCUT2D eigenvalue weighted by Gasteiger charge is -2.31. The Kier molecular flexibility index (Phi) is 7.11. The molecule has 1 atom stereocenters. The predicted molar refractivity (Wildman–Crippen MR) is 117 cm³/mol. The highest BCUT2D eigenvalue weighted by Crippen LogP contribution is 2.28. The Balaban J connectivity index is 1.27. The molecule has 32 heavy (non-hydrogen) atoms. The van der Waals surface area contributed by atoms with E-state index in [1.807, 2.05) is 30.3 Å². The van der Waals surface area contributed by atoms with Crippen LogP contribution < -0.4 is 5.32 Å². The minimum atomic E-state index is -1.01. The summed E-state index contributed by atoms with van der Waals surface area (Å²) in [6.45, 7) is 2.61. The molecule has 2 heterocycles. The van der Waals surface area contributed by atoms with Crippen LogP contribution in [-0.2, 0) is 6.42 Å². The molecule has 1 aliphatic rings. The van der Waals surface area contributed by atoms with Crippen LogP contribution in [-0.4, -0.2) is 45.9 Å². The third kappa shape index (κ3) is 5.91. The van der Waals surface area contributed by atoms with Gasteiger partial charge in [-0.2, -0.15) is 4.98 Å². The van der Waals surface area contributed by atoms with E-state index in [0.29, 0.717) is 24.6 Å². The lowest BCUT2D eigenvalue weighted by molar-refractivity contribution is 0.175. The molecular weight excluding hydrogens is 411 g/mol. The van der Waals surface area contributed by atoms with E-state index in [4.69, 9.17) is 4.52 Å². The second-order valence-corrected chi connectivity index (χ2v) is 8.17. The summed E-state index contributed by atoms with van der Waals surface area (Å²) in [5, 5.41) is 15.9. The predicted octanol–water partition coefficient (Wildman–Crippen LogP) is 4.38. The number of carbonyl (C=O) groups is 1. The van der Waals surface area contributed by atoms with Crippen LogP contribution >= 0.6 is 0 Å². The Morgan fingerprint density at radius 3 is 2.56 bits per heavy atom. The average Bonchev–Trinajstić information content (AvgIpc) is 3.27. The summed E-state index contributed by atoms with van der Waals surface area (Å²) >= 11 is 0. The Morgan fingerprint density at radius 1 is 1.16 bits per heavy atom. The molecule has 0 bridgehead atoms. The molecule has 0 saturated carbocycles. The number of carboxylic acid groups (broad SMARTS) is 1. The number of likely N-dealkylation sites (tertiary alicyclic amines) is 1. The number of halogens is 1. The van der Waals surface area contributed by atoms with Crippen molar-refractivity contribution in [1.29, 1.82) is 0 Å². The van der Waals surface area contributed by atoms with Gasteiger partial charge in [0, 0.05) is 18.9 Å². The van der Waals surface area contributed by atoms with Crippen molar-refractivity contribution < 1.29 is 18.8 Å². The van der Waals surface area contributed by atoms with Crippen LogP contribution in [0.3, 0.4) is 0 Å². The topological polar surface area (TPSA) is 91.5 Å². The van der Waals surface area contributed by atoms with Crippen molar-refractivity contribution in [2.75, 3.05) is 19.6 Å². The summed E-state index contributed by atoms with van der Waals surface area (Å²) in [4.78, 5) is 18.1. The number of rotatable bonds is 8. The van der Waals surface area contributed by atoms with Gasteiger partial charge in [0.2, 0.25) is 5.89 Å². The average molecular weight is 439 g/mol. The molecule has 1 amide bonds. The molecule has 1 aromatic heterocycles. The van der Waals surface area contributed by atoms with Gasteiger partial charge in [0.25, 0.3) is 0 Å². The summed E-state index contributed by atoms with van der Waals surface area (Å²) < 4.78 is 18.6. The number of piperidine rings is 1. The molecule has 0 unspecified atom stereocenters. The van der Waals surface area contributed by atoms with Gasteiger partial charge in [-0.25, -0.2) is 9.18 Å². The molecule has 0 spiro atoms. The molecule has 0 radical (unpaired) electrons. The van der Waals surface area contributed by atoms with Crippen molar-refractivity contribution in [2.24, 2.45) is 0 Å². The lowest BCUT2D eigenvalue weighted by Crippen LogP contribution is -2.36. The highest BCUT2D eigenvalue weighted by atomic mass is 19.1. The Labute approximate surface area is 186 Å². The fourth-order valence-corrected chi connectivity index (χ4v) is 4.16. The number of benzene rings is 2. The minimum Gasteiger partial charge on any atom is -0.465 e. The van der Waals surface area contributed by atoms with Crippen molar-refractivity contribution in [3.63, 3.8) is 0 Å². The summed E-state index contributed by atoms with van der Waals surface area (Å²) in [6, 6.07) is 15.8. The van der Waals surface area contributed by atoms with Gasteiger partial charge in [0.15, 0.2) is 5.82 Å². The van der Waals surface area contributed by atoms with E-state index in [-0.39, 0.29) is 17.8 Å². The first-order chi connectivity index (χ1) is 15.6. The van der Waals surface area contributed by atoms with E-state index >= 15 is 0 Å². The zero-order valence-electron chi connectivity index (χ0n) is 17.8. The maximum absolute atomic E-state index is 13.1. The van der Waals surface area contributed by atoms with Crippen molar-refractivity contribution in [1.82, 2.24) is 20.4 Å². The number of hydrogen-bond acceptors (Lipinski definition) is 5. The van der Waals surface area contributed by atoms with Gasteiger partial charge >= 0.3 is 6.09 Å². The van der Waals surface area contributed by atoms with E-state index in [9.17, 15) is 14.3 Å². The SMILES string of the molecule is O=C(O)N[C@@H](CCN1CCC(c2nc(Cc3ccc(F)cc3)no2)CC1)c1ccccc1. The van der Waals surface area contributed by atoms with Crippen LogP contribution in [0.4, 0.5) is 9.18 Å². The molecule has 4 rings (SSSR count). The van der Waals surface area contributed by atoms with Crippen molar-refractivity contribution in [3.05, 3.63) is 83.3 Å². The standard InChI is InChI=1S/C24H27FN4O3/c25-20-8-6-17(7-9-20)16-22-27-23(32-28-22)19-10-13-29(14-11-19)15-12-21(26-24(30)31)18-4-2-1-3-5-18/h1-9,19,21,26H,10-16H2,(H,30,31)/t21-/m0/s1. The maximum atomic E-state index is 13.1. The summed E-state index contributed by atoms with van der Waals surface area (Å²) in [5.74, 6) is 1.24. The smallest absolute Gasteiger partial charge is 0.405 e. The lowest BCUT2D eigenvalue weighted by atomic mass is 9.96. The van der Waals surface area contributed by atoms with Gasteiger partial charge in [-0.1, -0.05) is 47.6 Å². The molecule has 1 fully saturated rings.